The summed E-state index contributed by atoms with van der Waals surface area (Å²) in [7, 11) is 1.55. The molecule has 0 fully saturated rings. The van der Waals surface area contributed by atoms with Crippen LogP contribution >= 0.6 is 0 Å². The average Bonchev–Trinajstić information content (AvgIpc) is 3.02. The van der Waals surface area contributed by atoms with Crippen molar-refractivity contribution in [1.82, 2.24) is 0 Å². The maximum Gasteiger partial charge on any atom is 0.310 e. The van der Waals surface area contributed by atoms with Gasteiger partial charge in [-0.05, 0) is 30.3 Å². The second kappa shape index (κ2) is 7.69. The van der Waals surface area contributed by atoms with Gasteiger partial charge in [-0.15, -0.1) is 0 Å². The van der Waals surface area contributed by atoms with E-state index in [0.717, 1.165) is 5.39 Å². The summed E-state index contributed by atoms with van der Waals surface area (Å²) in [6.45, 7) is -0.459. The van der Waals surface area contributed by atoms with Crippen LogP contribution in [0.4, 0.5) is 10.1 Å². The molecular formula is C19H16FNO5. The Morgan fingerprint density at radius 1 is 1.19 bits per heavy atom. The fourth-order valence-electron chi connectivity index (χ4n) is 2.44. The summed E-state index contributed by atoms with van der Waals surface area (Å²) in [5.74, 6) is -0.943. The highest BCUT2D eigenvalue weighted by Crippen LogP contribution is 2.26. The van der Waals surface area contributed by atoms with Crippen molar-refractivity contribution < 1.29 is 27.9 Å². The van der Waals surface area contributed by atoms with Crippen LogP contribution in [0.5, 0.6) is 5.75 Å². The predicted octanol–water partition coefficient (Wildman–Crippen LogP) is 3.30. The van der Waals surface area contributed by atoms with Gasteiger partial charge in [-0.1, -0.05) is 6.07 Å². The van der Waals surface area contributed by atoms with Gasteiger partial charge < -0.3 is 19.2 Å². The summed E-state index contributed by atoms with van der Waals surface area (Å²) >= 11 is 0. The lowest BCUT2D eigenvalue weighted by Gasteiger charge is -2.06. The fraction of sp³-hybridized carbons (Fsp3) is 0.158. The molecule has 7 heteroatoms. The summed E-state index contributed by atoms with van der Waals surface area (Å²) in [6, 6.07) is 10.7. The number of carbonyl (C=O) groups is 2. The largest absolute Gasteiger partial charge is 0.497 e. The van der Waals surface area contributed by atoms with E-state index in [1.165, 1.54) is 30.5 Å². The number of amides is 1. The number of anilines is 1. The van der Waals surface area contributed by atoms with Crippen molar-refractivity contribution in [1.29, 1.82) is 0 Å². The molecule has 3 rings (SSSR count). The van der Waals surface area contributed by atoms with Crippen LogP contribution in [0.1, 0.15) is 5.56 Å². The first kappa shape index (κ1) is 17.5. The first-order valence-electron chi connectivity index (χ1n) is 7.80. The number of hydrogen-bond acceptors (Lipinski definition) is 5. The van der Waals surface area contributed by atoms with E-state index in [1.807, 2.05) is 0 Å². The average molecular weight is 357 g/mol. The number of fused-ring (bicyclic) bond motifs is 1. The van der Waals surface area contributed by atoms with Crippen LogP contribution in [0.3, 0.4) is 0 Å². The van der Waals surface area contributed by atoms with E-state index in [0.29, 0.717) is 22.6 Å². The van der Waals surface area contributed by atoms with E-state index >= 15 is 0 Å². The predicted molar refractivity (Wildman–Crippen MR) is 92.5 cm³/mol. The zero-order valence-corrected chi connectivity index (χ0v) is 14.0. The van der Waals surface area contributed by atoms with Gasteiger partial charge in [0.25, 0.3) is 5.91 Å². The number of rotatable bonds is 6. The standard InChI is InChI=1S/C19H16FNO5/c1-24-15-5-6-16-12(10-25-17(16)9-15)7-19(23)26-11-18(22)21-14-4-2-3-13(20)8-14/h2-6,8-10H,7,11H2,1H3,(H,21,22). The number of furan rings is 1. The molecule has 6 nitrogen and oxygen atoms in total. The number of nitrogens with one attached hydrogen (secondary N) is 1. The lowest BCUT2D eigenvalue weighted by molar-refractivity contribution is -0.146. The van der Waals surface area contributed by atoms with Crippen molar-refractivity contribution in [2.24, 2.45) is 0 Å². The molecule has 0 spiro atoms. The molecule has 134 valence electrons. The molecule has 1 aromatic heterocycles. The molecule has 2 aromatic carbocycles. The molecule has 0 atom stereocenters. The second-order valence-electron chi connectivity index (χ2n) is 5.52. The molecular weight excluding hydrogens is 341 g/mol. The molecule has 0 aliphatic heterocycles. The SMILES string of the molecule is COc1ccc2c(CC(=O)OCC(=O)Nc3cccc(F)c3)coc2c1. The van der Waals surface area contributed by atoms with Crippen LogP contribution in [0.15, 0.2) is 53.1 Å². The van der Waals surface area contributed by atoms with Crippen LogP contribution in [0.25, 0.3) is 11.0 Å². The summed E-state index contributed by atoms with van der Waals surface area (Å²) in [4.78, 5) is 23.7. The van der Waals surface area contributed by atoms with Crippen molar-refractivity contribution >= 4 is 28.5 Å². The Kier molecular flexibility index (Phi) is 5.17. The Labute approximate surface area is 148 Å². The lowest BCUT2D eigenvalue weighted by atomic mass is 10.1. The van der Waals surface area contributed by atoms with Crippen LogP contribution in [-0.2, 0) is 20.7 Å². The highest BCUT2D eigenvalue weighted by molar-refractivity contribution is 5.93. The summed E-state index contributed by atoms with van der Waals surface area (Å²) in [5.41, 5.74) is 1.54. The third kappa shape index (κ3) is 4.18. The third-order valence-corrected chi connectivity index (χ3v) is 3.67. The van der Waals surface area contributed by atoms with Crippen molar-refractivity contribution in [3.8, 4) is 5.75 Å². The first-order valence-corrected chi connectivity index (χ1v) is 7.80. The van der Waals surface area contributed by atoms with Crippen LogP contribution < -0.4 is 10.1 Å². The van der Waals surface area contributed by atoms with E-state index in [9.17, 15) is 14.0 Å². The number of halogens is 1. The molecule has 0 aliphatic carbocycles. The number of hydrogen-bond donors (Lipinski definition) is 1. The highest BCUT2D eigenvalue weighted by atomic mass is 19.1. The van der Waals surface area contributed by atoms with Crippen LogP contribution in [0.2, 0.25) is 0 Å². The number of benzene rings is 2. The zero-order valence-electron chi connectivity index (χ0n) is 14.0. The van der Waals surface area contributed by atoms with Gasteiger partial charge in [-0.3, -0.25) is 9.59 Å². The molecule has 0 bridgehead atoms. The second-order valence-corrected chi connectivity index (χ2v) is 5.52. The Hall–Kier alpha value is -3.35. The Morgan fingerprint density at radius 2 is 2.04 bits per heavy atom. The number of methoxy groups -OCH3 is 1. The van der Waals surface area contributed by atoms with Crippen LogP contribution in [0, 0.1) is 5.82 Å². The van der Waals surface area contributed by atoms with Crippen molar-refractivity contribution in [2.45, 2.75) is 6.42 Å². The molecule has 0 saturated heterocycles. The van der Waals surface area contributed by atoms with Gasteiger partial charge >= 0.3 is 5.97 Å². The maximum atomic E-state index is 13.1. The van der Waals surface area contributed by atoms with E-state index < -0.39 is 24.3 Å². The van der Waals surface area contributed by atoms with Crippen molar-refractivity contribution in [2.75, 3.05) is 19.0 Å². The van der Waals surface area contributed by atoms with E-state index in [2.05, 4.69) is 5.32 Å². The Bertz CT molecular complexity index is 950. The van der Waals surface area contributed by atoms with E-state index in [4.69, 9.17) is 13.9 Å². The molecule has 0 unspecified atom stereocenters. The minimum atomic E-state index is -0.571. The number of ether oxygens (including phenoxy) is 2. The van der Waals surface area contributed by atoms with Gasteiger partial charge in [0.15, 0.2) is 6.61 Å². The quantitative estimate of drug-likeness (QED) is 0.685. The van der Waals surface area contributed by atoms with Gasteiger partial charge in [0.2, 0.25) is 0 Å². The van der Waals surface area contributed by atoms with Crippen molar-refractivity contribution in [3.05, 3.63) is 60.1 Å². The monoisotopic (exact) mass is 357 g/mol. The number of carbonyl (C=O) groups excluding carboxylic acids is 2. The minimum absolute atomic E-state index is 0.0351. The summed E-state index contributed by atoms with van der Waals surface area (Å²) < 4.78 is 28.5. The molecule has 0 saturated carbocycles. The van der Waals surface area contributed by atoms with E-state index in [1.54, 1.807) is 25.3 Å². The summed E-state index contributed by atoms with van der Waals surface area (Å²) in [6.07, 6.45) is 1.44. The third-order valence-electron chi connectivity index (χ3n) is 3.67. The highest BCUT2D eigenvalue weighted by Gasteiger charge is 2.14. The minimum Gasteiger partial charge on any atom is -0.497 e. The molecule has 1 amide bonds. The smallest absolute Gasteiger partial charge is 0.310 e. The number of esters is 1. The Morgan fingerprint density at radius 3 is 2.81 bits per heavy atom. The molecule has 0 radical (unpaired) electrons. The van der Waals surface area contributed by atoms with Gasteiger partial charge in [0, 0.05) is 22.7 Å². The molecule has 26 heavy (non-hydrogen) atoms. The van der Waals surface area contributed by atoms with Crippen molar-refractivity contribution in [3.63, 3.8) is 0 Å². The first-order chi connectivity index (χ1) is 12.5. The van der Waals surface area contributed by atoms with Gasteiger partial charge in [-0.2, -0.15) is 0 Å². The van der Waals surface area contributed by atoms with Gasteiger partial charge in [0.1, 0.15) is 17.1 Å². The van der Waals surface area contributed by atoms with Gasteiger partial charge in [0.05, 0.1) is 19.8 Å². The van der Waals surface area contributed by atoms with E-state index in [-0.39, 0.29) is 6.42 Å². The fourth-order valence-corrected chi connectivity index (χ4v) is 2.44. The van der Waals surface area contributed by atoms with Gasteiger partial charge in [-0.25, -0.2) is 4.39 Å². The normalized spacial score (nSPS) is 10.5. The molecule has 3 aromatic rings. The molecule has 1 N–H and O–H groups in total. The topological polar surface area (TPSA) is 77.8 Å². The summed E-state index contributed by atoms with van der Waals surface area (Å²) in [5, 5.41) is 3.22. The molecule has 1 heterocycles. The lowest BCUT2D eigenvalue weighted by Crippen LogP contribution is -2.21. The zero-order chi connectivity index (χ0) is 18.5. The Balaban J connectivity index is 1.55. The molecule has 0 aliphatic rings. The van der Waals surface area contributed by atoms with Crippen LogP contribution in [-0.4, -0.2) is 25.6 Å². The maximum absolute atomic E-state index is 13.1.